The Kier molecular flexibility index (Phi) is 8.26. The third-order valence-corrected chi connectivity index (χ3v) is 8.87. The Morgan fingerprint density at radius 3 is 2.34 bits per heavy atom. The maximum absolute atomic E-state index is 15.0. The fraction of sp³-hybridized carbons (Fsp3) is 0.500. The van der Waals surface area contributed by atoms with Crippen LogP contribution in [0.1, 0.15) is 58.9 Å². The lowest BCUT2D eigenvalue weighted by Crippen LogP contribution is -2.48. The minimum absolute atomic E-state index is 0.0686. The fourth-order valence-electron chi connectivity index (χ4n) is 5.00. The van der Waals surface area contributed by atoms with Crippen LogP contribution in [0.5, 0.6) is 5.75 Å². The lowest BCUT2D eigenvalue weighted by Gasteiger charge is -2.33. The maximum Gasteiger partial charge on any atom is 0.435 e. The van der Waals surface area contributed by atoms with Crippen molar-refractivity contribution < 1.29 is 53.2 Å². The van der Waals surface area contributed by atoms with Gasteiger partial charge in [0.25, 0.3) is 0 Å². The topological polar surface area (TPSA) is 113 Å². The molecule has 0 spiro atoms. The van der Waals surface area contributed by atoms with Crippen molar-refractivity contribution in [3.63, 3.8) is 0 Å². The molecule has 18 heteroatoms. The summed E-state index contributed by atoms with van der Waals surface area (Å²) in [5, 5.41) is 5.21. The number of nitrogens with zero attached hydrogens (tertiary/aromatic N) is 4. The first-order valence-electron chi connectivity index (χ1n) is 13.1. The number of halogens is 6. The van der Waals surface area contributed by atoms with Gasteiger partial charge >= 0.3 is 28.2 Å². The zero-order valence-corrected chi connectivity index (χ0v) is 25.1. The highest BCUT2D eigenvalue weighted by Crippen LogP contribution is 2.40. The molecule has 0 bridgehead atoms. The quantitative estimate of drug-likeness (QED) is 0.266. The zero-order chi connectivity index (χ0) is 32.2. The van der Waals surface area contributed by atoms with E-state index in [1.54, 1.807) is 12.3 Å². The number of ether oxygens (including phenoxy) is 2. The number of aromatic nitrogens is 3. The molecule has 5 rings (SSSR count). The van der Waals surface area contributed by atoms with Crippen LogP contribution in [0.15, 0.2) is 23.6 Å². The van der Waals surface area contributed by atoms with Crippen molar-refractivity contribution in [2.75, 3.05) is 19.3 Å². The molecule has 44 heavy (non-hydrogen) atoms. The number of alkyl halides is 5. The lowest BCUT2D eigenvalue weighted by atomic mass is 9.97. The molecule has 2 aliphatic heterocycles. The number of fused-ring (bicyclic) bond motifs is 1. The molecule has 1 atom stereocenters. The molecule has 3 aromatic rings. The second-order valence-electron chi connectivity index (χ2n) is 10.6. The molecule has 2 aliphatic rings. The van der Waals surface area contributed by atoms with Crippen LogP contribution in [0.4, 0.5) is 26.3 Å². The minimum atomic E-state index is -4.94. The van der Waals surface area contributed by atoms with Crippen LogP contribution >= 0.6 is 11.3 Å². The van der Waals surface area contributed by atoms with Gasteiger partial charge in [0, 0.05) is 41.2 Å². The van der Waals surface area contributed by atoms with Gasteiger partial charge in [-0.15, -0.1) is 11.3 Å². The third kappa shape index (κ3) is 6.29. The molecule has 2 aromatic heterocycles. The van der Waals surface area contributed by atoms with Crippen molar-refractivity contribution in [3.8, 4) is 5.75 Å². The number of piperidine rings is 1. The molecule has 0 radical (unpaired) electrons. The molecule has 1 amide bonds. The maximum atomic E-state index is 15.0. The van der Waals surface area contributed by atoms with Gasteiger partial charge in [0.2, 0.25) is 5.79 Å². The number of carbonyl (C=O) groups is 1. The van der Waals surface area contributed by atoms with Gasteiger partial charge in [-0.1, -0.05) is 0 Å². The molecule has 240 valence electrons. The number of aryl methyl sites for hydroxylation is 1. The largest absolute Gasteiger partial charge is 0.435 e. The van der Waals surface area contributed by atoms with E-state index in [4.69, 9.17) is 13.7 Å². The second-order valence-corrected chi connectivity index (χ2v) is 13.0. The molecule has 4 heterocycles. The van der Waals surface area contributed by atoms with Crippen molar-refractivity contribution in [2.24, 2.45) is 0 Å². The van der Waals surface area contributed by atoms with E-state index in [9.17, 15) is 39.6 Å². The van der Waals surface area contributed by atoms with E-state index in [0.717, 1.165) is 24.1 Å². The van der Waals surface area contributed by atoms with Gasteiger partial charge in [-0.3, -0.25) is 4.79 Å². The molecule has 1 fully saturated rings. The smallest absolute Gasteiger partial charge is 0.382 e. The normalized spacial score (nSPS) is 20.3. The number of hydrogen-bond donors (Lipinski definition) is 0. The summed E-state index contributed by atoms with van der Waals surface area (Å²) in [7, 11) is -3.90. The Morgan fingerprint density at radius 1 is 1.11 bits per heavy atom. The Balaban J connectivity index is 1.26. The van der Waals surface area contributed by atoms with E-state index in [0.29, 0.717) is 16.8 Å². The van der Waals surface area contributed by atoms with E-state index < -0.39 is 51.2 Å². The van der Waals surface area contributed by atoms with Crippen LogP contribution in [0.2, 0.25) is 0 Å². The molecule has 0 saturated carbocycles. The zero-order valence-electron chi connectivity index (χ0n) is 23.5. The van der Waals surface area contributed by atoms with Crippen molar-refractivity contribution in [1.82, 2.24) is 19.7 Å². The molecular formula is C26H26F6N4O6S2. The molecule has 0 aliphatic carbocycles. The summed E-state index contributed by atoms with van der Waals surface area (Å²) >= 11 is 1.25. The predicted octanol–water partition coefficient (Wildman–Crippen LogP) is 5.02. The highest BCUT2D eigenvalue weighted by Gasteiger charge is 2.48. The van der Waals surface area contributed by atoms with Crippen LogP contribution in [-0.4, -0.2) is 53.3 Å². The summed E-state index contributed by atoms with van der Waals surface area (Å²) < 4.78 is 123. The van der Waals surface area contributed by atoms with Crippen LogP contribution in [0.25, 0.3) is 0 Å². The van der Waals surface area contributed by atoms with Crippen molar-refractivity contribution in [3.05, 3.63) is 62.6 Å². The highest BCUT2D eigenvalue weighted by molar-refractivity contribution is 7.86. The third-order valence-electron chi connectivity index (χ3n) is 7.38. The number of benzene rings is 1. The molecule has 1 saturated heterocycles. The Morgan fingerprint density at radius 2 is 1.75 bits per heavy atom. The number of hydrogen-bond acceptors (Lipinski definition) is 9. The molecule has 10 nitrogen and oxygen atoms in total. The molecule has 0 N–H and O–H groups in total. The molecule has 1 aromatic carbocycles. The number of likely N-dealkylation sites (tertiary alicyclic amines) is 1. The van der Waals surface area contributed by atoms with Crippen LogP contribution in [0.3, 0.4) is 0 Å². The van der Waals surface area contributed by atoms with Crippen molar-refractivity contribution in [1.29, 1.82) is 0 Å². The first kappa shape index (κ1) is 32.2. The molecule has 1 unspecified atom stereocenters. The lowest BCUT2D eigenvalue weighted by molar-refractivity contribution is -0.243. The fourth-order valence-corrected chi connectivity index (χ4v) is 6.56. The minimum Gasteiger partial charge on any atom is -0.382 e. The van der Waals surface area contributed by atoms with Gasteiger partial charge in [-0.2, -0.15) is 40.2 Å². The summed E-state index contributed by atoms with van der Waals surface area (Å²) in [5.41, 5.74) is -1.45. The van der Waals surface area contributed by atoms with Gasteiger partial charge < -0.3 is 18.6 Å². The van der Waals surface area contributed by atoms with Crippen molar-refractivity contribution in [2.45, 2.75) is 63.8 Å². The first-order valence-corrected chi connectivity index (χ1v) is 15.8. The van der Waals surface area contributed by atoms with E-state index >= 15 is 0 Å². The summed E-state index contributed by atoms with van der Waals surface area (Å²) in [6.45, 7) is 1.86. The van der Waals surface area contributed by atoms with Crippen molar-refractivity contribution >= 4 is 27.4 Å². The monoisotopic (exact) mass is 668 g/mol. The Bertz CT molecular complexity index is 1680. The second kappa shape index (κ2) is 11.3. The first-order chi connectivity index (χ1) is 20.4. The van der Waals surface area contributed by atoms with Crippen LogP contribution < -0.4 is 4.18 Å². The Labute approximate surface area is 251 Å². The number of carbonyl (C=O) groups excluding carboxylic acids is 1. The average Bonchev–Trinajstić information content (AvgIpc) is 3.55. The van der Waals surface area contributed by atoms with Gasteiger partial charge in [-0.05, 0) is 44.9 Å². The molecular weight excluding hydrogens is 642 g/mol. The van der Waals surface area contributed by atoms with Gasteiger partial charge in [0.15, 0.2) is 5.69 Å². The highest BCUT2D eigenvalue weighted by atomic mass is 32.2. The van der Waals surface area contributed by atoms with Crippen LogP contribution in [0, 0.1) is 12.7 Å². The van der Waals surface area contributed by atoms with Gasteiger partial charge in [0.05, 0.1) is 24.5 Å². The summed E-state index contributed by atoms with van der Waals surface area (Å²) in [4.78, 5) is 18.2. The average molecular weight is 669 g/mol. The van der Waals surface area contributed by atoms with E-state index in [2.05, 4.69) is 10.1 Å². The van der Waals surface area contributed by atoms with E-state index in [1.807, 2.05) is 0 Å². The summed E-state index contributed by atoms with van der Waals surface area (Å²) in [6, 6.07) is -1.62. The van der Waals surface area contributed by atoms with Crippen LogP contribution in [-0.2, 0) is 55.6 Å². The number of amides is 1. The Hall–Kier alpha value is -3.22. The van der Waals surface area contributed by atoms with Gasteiger partial charge in [-0.25, -0.2) is 9.37 Å². The standard InChI is InChI=1S/C26H26F6N4O6S2/c1-14-10-20(25(28,29)30)34-36(14)26(31,32)23(37)35-8-6-15(7-9-35)22-33-21(13-43-22)24(2)40-11-16-17(12-41-24)19(5-4-18(16)27)42-44(3,38)39/h4-5,10,13,15H,6-9,11-12H2,1-3H3. The summed E-state index contributed by atoms with van der Waals surface area (Å²) in [5.74, 6) is -4.07. The number of rotatable bonds is 6. The SMILES string of the molecule is Cc1cc(C(F)(F)F)nn1C(F)(F)C(=O)N1CCC(c2nc(C3(C)OCc4c(F)ccc(OS(C)(=O)=O)c4CO3)cs2)CC1. The van der Waals surface area contributed by atoms with E-state index in [1.165, 1.54) is 17.4 Å². The van der Waals surface area contributed by atoms with E-state index in [-0.39, 0.29) is 66.6 Å². The number of thiazole rings is 1. The summed E-state index contributed by atoms with van der Waals surface area (Å²) in [6.07, 6.45) is -3.58. The predicted molar refractivity (Wildman–Crippen MR) is 142 cm³/mol. The van der Waals surface area contributed by atoms with Gasteiger partial charge in [0.1, 0.15) is 17.3 Å².